The summed E-state index contributed by atoms with van der Waals surface area (Å²) in [6, 6.07) is 22.2. The number of para-hydroxylation sites is 1. The number of hydrazine groups is 2. The Balaban J connectivity index is 0.523. The second-order valence-electron chi connectivity index (χ2n) is 21.9. The van der Waals surface area contributed by atoms with Crippen LogP contribution in [0, 0.1) is 17.7 Å². The first kappa shape index (κ1) is 62.7. The normalized spacial score (nSPS) is 16.5. The van der Waals surface area contributed by atoms with Crippen molar-refractivity contribution in [2.75, 3.05) is 108 Å². The van der Waals surface area contributed by atoms with Crippen molar-refractivity contribution in [2.24, 2.45) is 0 Å². The molecule has 6 aromatic rings. The fourth-order valence-corrected chi connectivity index (χ4v) is 13.1. The lowest BCUT2D eigenvalue weighted by Crippen LogP contribution is -2.52. The number of carbonyl (C=O) groups excluding carboxylic acids is 6. The van der Waals surface area contributed by atoms with Crippen LogP contribution >= 0.6 is 22.7 Å². The molecule has 2 aromatic heterocycles. The molecule has 1 atom stereocenters. The molecule has 90 heavy (non-hydrogen) atoms. The summed E-state index contributed by atoms with van der Waals surface area (Å²) in [6.45, 7) is 5.98. The number of carboxylic acid groups (broad SMARTS) is 1. The number of piperidine rings is 1. The highest BCUT2D eigenvalue weighted by Crippen LogP contribution is 2.35. The van der Waals surface area contributed by atoms with Gasteiger partial charge in [-0.1, -0.05) is 53.5 Å². The highest BCUT2D eigenvalue weighted by molar-refractivity contribution is 7.22. The van der Waals surface area contributed by atoms with Crippen molar-refractivity contribution in [2.45, 2.75) is 64.1 Å². The first-order chi connectivity index (χ1) is 43.8. The van der Waals surface area contributed by atoms with E-state index < -0.39 is 29.6 Å². The summed E-state index contributed by atoms with van der Waals surface area (Å²) < 4.78 is 38.8. The monoisotopic (exact) mass is 1270 g/mol. The van der Waals surface area contributed by atoms with Gasteiger partial charge in [0.05, 0.1) is 62.1 Å². The molecule has 0 radical (unpaired) electrons. The van der Waals surface area contributed by atoms with Crippen LogP contribution in [0.25, 0.3) is 10.2 Å². The van der Waals surface area contributed by atoms with Crippen LogP contribution in [0.4, 0.5) is 20.3 Å². The summed E-state index contributed by atoms with van der Waals surface area (Å²) in [5, 5.41) is 21.1. The summed E-state index contributed by atoms with van der Waals surface area (Å²) in [4.78, 5) is 106. The molecule has 0 bridgehead atoms. The molecular formula is C63H67FN12O12S2. The minimum Gasteiger partial charge on any atom is -0.491 e. The van der Waals surface area contributed by atoms with Gasteiger partial charge in [-0.05, 0) is 91.8 Å². The van der Waals surface area contributed by atoms with Gasteiger partial charge in [0, 0.05) is 104 Å². The number of carbonyl (C=O) groups is 7. The Hall–Kier alpha value is -8.88. The molecule has 2 saturated heterocycles. The number of thiazole rings is 2. The second kappa shape index (κ2) is 29.6. The third kappa shape index (κ3) is 15.7. The van der Waals surface area contributed by atoms with Crippen LogP contribution in [0.15, 0.2) is 90.8 Å². The lowest BCUT2D eigenvalue weighted by Gasteiger charge is -2.33. The molecule has 6 amide bonds. The fraction of sp³-hybridized carbons (Fsp3) is 0.381. The average Bonchev–Trinajstić information content (AvgIpc) is 1.79. The molecule has 7 heterocycles. The number of aromatic nitrogens is 2. The molecule has 0 spiro atoms. The number of piperazine rings is 1. The standard InChI is InChI=1S/C63H67FN12O12S2/c64-47-34-40(17-19-51(47)88-29-7-15-53-57(61(83)84)68-63(90-53)74-24-21-41-9-3-10-43(45(41)36-74)58(80)69-62-66-49-12-1-2-14-52(49)89-62)8-5-22-72-25-27-73(28-26-72)56(79)16-6-23-75-35-42(70-71-75)38-86-32-30-85-31-33-87-39-55(78)65-48-13-4-11-44-46(48)37-76(60(44)82)50-18-20-54(77)67-59(50)81/h1-4,9-14,17,19,34-35,50,70-71H,6-7,15-16,18,20-33,36-39H2,(H,65,78)(H,83,84)(H,66,69,80)(H,67,77,81). The molecule has 27 heteroatoms. The molecule has 6 N–H and O–H groups in total. The van der Waals surface area contributed by atoms with Gasteiger partial charge in [0.2, 0.25) is 23.6 Å². The predicted octanol–water partition coefficient (Wildman–Crippen LogP) is 5.31. The zero-order valence-electron chi connectivity index (χ0n) is 49.2. The van der Waals surface area contributed by atoms with Gasteiger partial charge in [-0.2, -0.15) is 0 Å². The number of imide groups is 1. The Labute approximate surface area is 525 Å². The Kier molecular flexibility index (Phi) is 20.6. The number of aryl methyl sites for hydroxylation is 1. The zero-order chi connectivity index (χ0) is 62.5. The molecular weight excluding hydrogens is 1200 g/mol. The Bertz CT molecular complexity index is 3750. The largest absolute Gasteiger partial charge is 0.491 e. The van der Waals surface area contributed by atoms with Crippen LogP contribution in [0.3, 0.4) is 0 Å². The van der Waals surface area contributed by atoms with Crippen LogP contribution in [-0.4, -0.2) is 174 Å². The molecule has 11 rings (SSSR count). The fourth-order valence-electron chi connectivity index (χ4n) is 11.1. The molecule has 0 aliphatic carbocycles. The zero-order valence-corrected chi connectivity index (χ0v) is 50.8. The quantitative estimate of drug-likeness (QED) is 0.0228. The van der Waals surface area contributed by atoms with Gasteiger partial charge >= 0.3 is 5.97 Å². The molecule has 24 nitrogen and oxygen atoms in total. The number of anilines is 3. The molecule has 2 fully saturated rings. The van der Waals surface area contributed by atoms with E-state index in [4.69, 9.17) is 18.9 Å². The predicted molar refractivity (Wildman–Crippen MR) is 332 cm³/mol. The number of halogens is 1. The number of rotatable bonds is 26. The Morgan fingerprint density at radius 2 is 1.64 bits per heavy atom. The van der Waals surface area contributed by atoms with Crippen molar-refractivity contribution in [3.05, 3.63) is 141 Å². The minimum atomic E-state index is -1.13. The van der Waals surface area contributed by atoms with E-state index in [-0.39, 0.29) is 80.9 Å². The molecule has 5 aliphatic heterocycles. The lowest BCUT2D eigenvalue weighted by atomic mass is 9.94. The van der Waals surface area contributed by atoms with Crippen LogP contribution in [0.1, 0.15) is 90.4 Å². The van der Waals surface area contributed by atoms with E-state index in [1.54, 1.807) is 36.4 Å². The Morgan fingerprint density at radius 3 is 2.47 bits per heavy atom. The van der Waals surface area contributed by atoms with Crippen molar-refractivity contribution >= 4 is 90.3 Å². The SMILES string of the molecule is O=C1CCC(N2Cc3c(NC(=O)COCCOCCOCC4=CN(CCCC(=O)N5CCN(CC#Cc6ccc(OCCCc7sc(N8CCc9cccc(C(=O)Nc%10nc%11ccccc%11s%10)c9C8)nc7C(=O)O)c(F)c6)CC5)NN4)cccc3C2=O)C(=O)N1. The first-order valence-electron chi connectivity index (χ1n) is 29.8. The third-order valence-corrected chi connectivity index (χ3v) is 17.9. The number of benzene rings is 4. The summed E-state index contributed by atoms with van der Waals surface area (Å²) in [5.41, 5.74) is 12.1. The number of amides is 6. The van der Waals surface area contributed by atoms with E-state index in [2.05, 4.69) is 53.6 Å². The number of nitrogens with zero attached hydrogens (tertiary/aromatic N) is 7. The summed E-state index contributed by atoms with van der Waals surface area (Å²) in [6.07, 6.45) is 4.76. The first-order valence-corrected chi connectivity index (χ1v) is 31.4. The van der Waals surface area contributed by atoms with Gasteiger partial charge in [-0.25, -0.2) is 19.2 Å². The van der Waals surface area contributed by atoms with Gasteiger partial charge < -0.3 is 49.5 Å². The van der Waals surface area contributed by atoms with E-state index in [9.17, 15) is 38.7 Å². The Morgan fingerprint density at radius 1 is 0.822 bits per heavy atom. The van der Waals surface area contributed by atoms with Crippen LogP contribution in [0.2, 0.25) is 0 Å². The number of aromatic carboxylic acids is 1. The second-order valence-corrected chi connectivity index (χ2v) is 24.0. The number of fused-ring (bicyclic) bond motifs is 3. The average molecular weight is 1270 g/mol. The maximum Gasteiger partial charge on any atom is 0.355 e. The topological polar surface area (TPSA) is 279 Å². The molecule has 0 saturated carbocycles. The van der Waals surface area contributed by atoms with E-state index in [0.29, 0.717) is 147 Å². The molecule has 470 valence electrons. The van der Waals surface area contributed by atoms with E-state index in [0.717, 1.165) is 27.0 Å². The van der Waals surface area contributed by atoms with Crippen molar-refractivity contribution in [1.82, 2.24) is 46.0 Å². The highest BCUT2D eigenvalue weighted by atomic mass is 32.1. The number of ether oxygens (including phenoxy) is 4. The summed E-state index contributed by atoms with van der Waals surface area (Å²) >= 11 is 2.71. The van der Waals surface area contributed by atoms with E-state index >= 15 is 4.39 Å². The van der Waals surface area contributed by atoms with Crippen LogP contribution in [-0.2, 0) is 59.3 Å². The maximum atomic E-state index is 15.2. The van der Waals surface area contributed by atoms with Gasteiger partial charge in [0.1, 0.15) is 12.6 Å². The summed E-state index contributed by atoms with van der Waals surface area (Å²) in [7, 11) is 0. The number of hydrogen-bond donors (Lipinski definition) is 6. The lowest BCUT2D eigenvalue weighted by molar-refractivity contribution is -0.137. The molecule has 5 aliphatic rings. The third-order valence-electron chi connectivity index (χ3n) is 15.7. The maximum absolute atomic E-state index is 15.2. The minimum absolute atomic E-state index is 0.0296. The van der Waals surface area contributed by atoms with Crippen molar-refractivity contribution in [1.29, 1.82) is 0 Å². The van der Waals surface area contributed by atoms with Gasteiger partial charge in [-0.15, -0.1) is 16.9 Å². The van der Waals surface area contributed by atoms with Crippen molar-refractivity contribution < 1.29 is 62.0 Å². The smallest absolute Gasteiger partial charge is 0.355 e. The number of hydrogen-bond acceptors (Lipinski definition) is 20. The highest BCUT2D eigenvalue weighted by Gasteiger charge is 2.40. The van der Waals surface area contributed by atoms with Gasteiger partial charge in [0.15, 0.2) is 27.5 Å². The van der Waals surface area contributed by atoms with E-state index in [1.807, 2.05) is 57.4 Å². The summed E-state index contributed by atoms with van der Waals surface area (Å²) in [5.74, 6) is 2.79. The molecule has 4 aromatic carbocycles. The molecule has 1 unspecified atom stereocenters. The van der Waals surface area contributed by atoms with Crippen molar-refractivity contribution in [3.63, 3.8) is 0 Å². The van der Waals surface area contributed by atoms with E-state index in [1.165, 1.54) is 33.6 Å². The number of carboxylic acids is 1. The van der Waals surface area contributed by atoms with Crippen LogP contribution in [0.5, 0.6) is 5.75 Å². The van der Waals surface area contributed by atoms with Crippen LogP contribution < -0.4 is 36.5 Å². The number of nitrogens with one attached hydrogen (secondary N) is 5. The van der Waals surface area contributed by atoms with Gasteiger partial charge in [-0.3, -0.25) is 49.3 Å². The van der Waals surface area contributed by atoms with Crippen molar-refractivity contribution in [3.8, 4) is 17.6 Å². The van der Waals surface area contributed by atoms with Gasteiger partial charge in [0.25, 0.3) is 11.8 Å².